The van der Waals surface area contributed by atoms with Gasteiger partial charge < -0.3 is 16.0 Å². The summed E-state index contributed by atoms with van der Waals surface area (Å²) in [7, 11) is 1.88. The molecule has 2 aromatic rings. The fraction of sp³-hybridized carbons (Fsp3) is 0.556. The number of aromatic nitrogens is 2. The van der Waals surface area contributed by atoms with Crippen LogP contribution in [-0.4, -0.2) is 63.7 Å². The molecule has 0 aliphatic carbocycles. The highest BCUT2D eigenvalue weighted by Gasteiger charge is 2.27. The average molecular weight is 513 g/mol. The van der Waals surface area contributed by atoms with Gasteiger partial charge in [-0.3, -0.25) is 28.8 Å². The molecule has 0 bridgehead atoms. The lowest BCUT2D eigenvalue weighted by Crippen LogP contribution is -2.54. The fourth-order valence-corrected chi connectivity index (χ4v) is 4.58. The Hall–Kier alpha value is -3.40. The van der Waals surface area contributed by atoms with Crippen LogP contribution in [0, 0.1) is 12.8 Å². The second-order valence-corrected chi connectivity index (χ2v) is 10.1. The zero-order chi connectivity index (χ0) is 27.1. The zero-order valence-corrected chi connectivity index (χ0v) is 22.5. The molecule has 1 aromatic carbocycles. The predicted octanol–water partition coefficient (Wildman–Crippen LogP) is 1.23. The van der Waals surface area contributed by atoms with Crippen molar-refractivity contribution in [2.45, 2.75) is 65.6 Å². The molecule has 1 fully saturated rings. The minimum Gasteiger partial charge on any atom is -0.354 e. The Labute approximate surface area is 218 Å². The lowest BCUT2D eigenvalue weighted by atomic mass is 10.0. The third-order valence-electron chi connectivity index (χ3n) is 6.90. The van der Waals surface area contributed by atoms with E-state index in [1.54, 1.807) is 11.6 Å². The molecule has 10 nitrogen and oxygen atoms in total. The van der Waals surface area contributed by atoms with Gasteiger partial charge in [0.1, 0.15) is 12.1 Å². The van der Waals surface area contributed by atoms with E-state index < -0.39 is 12.1 Å². The van der Waals surface area contributed by atoms with Gasteiger partial charge in [-0.2, -0.15) is 0 Å². The van der Waals surface area contributed by atoms with Crippen LogP contribution in [0.1, 0.15) is 51.3 Å². The average Bonchev–Trinajstić information content (AvgIpc) is 3.06. The number of nitrogens with one attached hydrogen (secondary N) is 3. The summed E-state index contributed by atoms with van der Waals surface area (Å²) in [5, 5.41) is 8.42. The van der Waals surface area contributed by atoms with Crippen molar-refractivity contribution in [3.05, 3.63) is 51.9 Å². The van der Waals surface area contributed by atoms with Crippen LogP contribution in [0.3, 0.4) is 0 Å². The summed E-state index contributed by atoms with van der Waals surface area (Å²) in [6, 6.07) is 8.10. The van der Waals surface area contributed by atoms with E-state index in [4.69, 9.17) is 0 Å². The van der Waals surface area contributed by atoms with Gasteiger partial charge in [-0.05, 0) is 51.3 Å². The molecule has 1 aromatic heterocycles. The molecule has 10 heteroatoms. The number of hydrogen-bond donors (Lipinski definition) is 3. The maximum atomic E-state index is 13.4. The third kappa shape index (κ3) is 7.09. The molecule has 3 N–H and O–H groups in total. The van der Waals surface area contributed by atoms with Gasteiger partial charge in [0.05, 0.1) is 11.3 Å². The molecule has 3 rings (SSSR count). The van der Waals surface area contributed by atoms with Crippen molar-refractivity contribution in [3.63, 3.8) is 0 Å². The van der Waals surface area contributed by atoms with Gasteiger partial charge in [0, 0.05) is 38.8 Å². The Morgan fingerprint density at radius 1 is 0.973 bits per heavy atom. The van der Waals surface area contributed by atoms with Gasteiger partial charge in [0.25, 0.3) is 5.56 Å². The number of para-hydroxylation sites is 1. The first kappa shape index (κ1) is 28.2. The monoisotopic (exact) mass is 512 g/mol. The molecule has 0 spiro atoms. The van der Waals surface area contributed by atoms with Gasteiger partial charge >= 0.3 is 0 Å². The minimum absolute atomic E-state index is 0.0636. The maximum Gasteiger partial charge on any atom is 0.276 e. The van der Waals surface area contributed by atoms with Crippen LogP contribution in [0.15, 0.2) is 35.1 Å². The Morgan fingerprint density at radius 2 is 1.65 bits per heavy atom. The van der Waals surface area contributed by atoms with Crippen LogP contribution in [0.4, 0.5) is 0 Å². The smallest absolute Gasteiger partial charge is 0.276 e. The molecule has 2 heterocycles. The summed E-state index contributed by atoms with van der Waals surface area (Å²) >= 11 is 0. The molecular weight excluding hydrogens is 472 g/mol. The SMILES string of the molecule is Cc1c(CN2CCCNC(=O)[C@@H](C(C)C)NC(=O)[C@@H](C)NC(=O)CCC2)c(=O)n(-c2ccccc2)n1C. The Balaban J connectivity index is 1.79. The van der Waals surface area contributed by atoms with E-state index in [2.05, 4.69) is 20.9 Å². The van der Waals surface area contributed by atoms with E-state index >= 15 is 0 Å². The molecule has 1 aliphatic heterocycles. The van der Waals surface area contributed by atoms with Crippen LogP contribution >= 0.6 is 0 Å². The van der Waals surface area contributed by atoms with Crippen molar-refractivity contribution in [3.8, 4) is 5.69 Å². The zero-order valence-electron chi connectivity index (χ0n) is 22.5. The van der Waals surface area contributed by atoms with Crippen molar-refractivity contribution in [1.29, 1.82) is 0 Å². The first-order valence-electron chi connectivity index (χ1n) is 13.0. The van der Waals surface area contributed by atoms with Crippen molar-refractivity contribution < 1.29 is 14.4 Å². The van der Waals surface area contributed by atoms with Crippen LogP contribution in [0.5, 0.6) is 0 Å². The highest BCUT2D eigenvalue weighted by Crippen LogP contribution is 2.13. The summed E-state index contributed by atoms with van der Waals surface area (Å²) in [6.07, 6.45) is 1.52. The number of carbonyl (C=O) groups is 3. The fourth-order valence-electron chi connectivity index (χ4n) is 4.58. The summed E-state index contributed by atoms with van der Waals surface area (Å²) in [6.45, 7) is 9.44. The van der Waals surface area contributed by atoms with E-state index in [1.165, 1.54) is 0 Å². The molecule has 1 aliphatic rings. The van der Waals surface area contributed by atoms with Gasteiger partial charge in [0.15, 0.2) is 0 Å². The Morgan fingerprint density at radius 3 is 2.32 bits per heavy atom. The highest BCUT2D eigenvalue weighted by atomic mass is 16.2. The van der Waals surface area contributed by atoms with Crippen LogP contribution in [-0.2, 0) is 28.0 Å². The lowest BCUT2D eigenvalue weighted by Gasteiger charge is -2.24. The summed E-state index contributed by atoms with van der Waals surface area (Å²) in [5.41, 5.74) is 2.33. The van der Waals surface area contributed by atoms with E-state index in [9.17, 15) is 19.2 Å². The van der Waals surface area contributed by atoms with E-state index in [-0.39, 0.29) is 35.6 Å². The number of carbonyl (C=O) groups excluding carboxylic acids is 3. The second kappa shape index (κ2) is 12.7. The normalized spacial score (nSPS) is 21.1. The molecule has 2 atom stereocenters. The van der Waals surface area contributed by atoms with Gasteiger partial charge in [-0.15, -0.1) is 0 Å². The Kier molecular flexibility index (Phi) is 9.68. The quantitative estimate of drug-likeness (QED) is 0.570. The second-order valence-electron chi connectivity index (χ2n) is 10.1. The minimum atomic E-state index is -0.744. The van der Waals surface area contributed by atoms with Crippen LogP contribution in [0.25, 0.3) is 5.69 Å². The molecule has 0 radical (unpaired) electrons. The number of nitrogens with zero attached hydrogens (tertiary/aromatic N) is 3. The number of hydrogen-bond acceptors (Lipinski definition) is 5. The summed E-state index contributed by atoms with van der Waals surface area (Å²) < 4.78 is 3.54. The van der Waals surface area contributed by atoms with Crippen LogP contribution < -0.4 is 21.5 Å². The van der Waals surface area contributed by atoms with E-state index in [0.29, 0.717) is 44.6 Å². The third-order valence-corrected chi connectivity index (χ3v) is 6.90. The molecule has 3 amide bonds. The largest absolute Gasteiger partial charge is 0.354 e. The van der Waals surface area contributed by atoms with Crippen molar-refractivity contribution in [1.82, 2.24) is 30.2 Å². The predicted molar refractivity (Wildman–Crippen MR) is 142 cm³/mol. The van der Waals surface area contributed by atoms with Crippen molar-refractivity contribution in [2.24, 2.45) is 13.0 Å². The lowest BCUT2D eigenvalue weighted by molar-refractivity contribution is -0.132. The van der Waals surface area contributed by atoms with Gasteiger partial charge in [-0.25, -0.2) is 4.68 Å². The molecule has 37 heavy (non-hydrogen) atoms. The molecular formula is C27H40N6O4. The van der Waals surface area contributed by atoms with Gasteiger partial charge in [-0.1, -0.05) is 32.0 Å². The molecule has 1 saturated heterocycles. The van der Waals surface area contributed by atoms with Crippen LogP contribution in [0.2, 0.25) is 0 Å². The van der Waals surface area contributed by atoms with Gasteiger partial charge in [0.2, 0.25) is 17.7 Å². The highest BCUT2D eigenvalue weighted by molar-refractivity contribution is 5.91. The first-order chi connectivity index (χ1) is 17.6. The topological polar surface area (TPSA) is 117 Å². The van der Waals surface area contributed by atoms with E-state index in [1.807, 2.05) is 62.8 Å². The number of rotatable bonds is 4. The number of amides is 3. The van der Waals surface area contributed by atoms with Crippen molar-refractivity contribution in [2.75, 3.05) is 19.6 Å². The Bertz CT molecular complexity index is 1150. The first-order valence-corrected chi connectivity index (χ1v) is 13.0. The van der Waals surface area contributed by atoms with E-state index in [0.717, 1.165) is 11.4 Å². The summed E-state index contributed by atoms with van der Waals surface area (Å²) in [5.74, 6) is -0.946. The molecule has 0 saturated carbocycles. The number of benzene rings is 1. The standard InChI is InChI=1S/C27H40N6O4/c1-18(2)24-26(36)28-14-10-16-32(15-9-13-23(34)29-19(3)25(35)30-24)17-22-20(4)31(5)33(27(22)37)21-11-7-6-8-12-21/h6-8,11-12,18-19,24H,9-10,13-17H2,1-5H3,(H,28,36)(H,29,34)(H,30,35)/t19-,24-/m1/s1. The summed E-state index contributed by atoms with van der Waals surface area (Å²) in [4.78, 5) is 53.4. The maximum absolute atomic E-state index is 13.4. The van der Waals surface area contributed by atoms with Crippen molar-refractivity contribution >= 4 is 17.7 Å². The molecule has 202 valence electrons. The molecule has 0 unspecified atom stereocenters.